The molecule has 0 unspecified atom stereocenters. The highest BCUT2D eigenvalue weighted by Crippen LogP contribution is 2.14. The van der Waals surface area contributed by atoms with E-state index in [0.717, 1.165) is 13.1 Å². The molecule has 0 bridgehead atoms. The normalized spacial score (nSPS) is 11.9. The van der Waals surface area contributed by atoms with E-state index < -0.39 is 9.84 Å². The zero-order chi connectivity index (χ0) is 14.4. The van der Waals surface area contributed by atoms with E-state index in [4.69, 9.17) is 0 Å². The molecule has 0 amide bonds. The third-order valence-electron chi connectivity index (χ3n) is 3.19. The maximum absolute atomic E-state index is 12.2. The minimum atomic E-state index is -3.18. The van der Waals surface area contributed by atoms with Crippen LogP contribution in [0.5, 0.6) is 0 Å². The van der Waals surface area contributed by atoms with Crippen LogP contribution in [-0.2, 0) is 16.4 Å². The Hall–Kier alpha value is -1.17. The molecule has 0 aliphatic rings. The molecule has 0 fully saturated rings. The van der Waals surface area contributed by atoms with Gasteiger partial charge in [-0.3, -0.25) is 4.90 Å². The Morgan fingerprint density at radius 1 is 1.10 bits per heavy atom. The minimum Gasteiger partial charge on any atom is -0.298 e. The highest BCUT2D eigenvalue weighted by molar-refractivity contribution is 7.91. The van der Waals surface area contributed by atoms with E-state index in [0.29, 0.717) is 11.4 Å². The maximum Gasteiger partial charge on any atom is 0.179 e. The van der Waals surface area contributed by atoms with Crippen molar-refractivity contribution in [3.05, 3.63) is 52.7 Å². The summed E-state index contributed by atoms with van der Waals surface area (Å²) in [6, 6.07) is 12.8. The lowest BCUT2D eigenvalue weighted by Gasteiger charge is -2.19. The molecule has 1 aromatic carbocycles. The summed E-state index contributed by atoms with van der Waals surface area (Å²) in [6.07, 6.45) is 0. The molecule has 0 aliphatic carbocycles. The van der Waals surface area contributed by atoms with E-state index in [-0.39, 0.29) is 5.75 Å². The van der Waals surface area contributed by atoms with Gasteiger partial charge in [0.2, 0.25) is 0 Å². The third kappa shape index (κ3) is 4.16. The fourth-order valence-corrected chi connectivity index (χ4v) is 4.02. The molecule has 1 heterocycles. The minimum absolute atomic E-state index is 0.163. The maximum atomic E-state index is 12.2. The van der Waals surface area contributed by atoms with Gasteiger partial charge in [-0.15, -0.1) is 11.3 Å². The summed E-state index contributed by atoms with van der Waals surface area (Å²) in [7, 11) is -3.18. The quantitative estimate of drug-likeness (QED) is 0.789. The van der Waals surface area contributed by atoms with Crippen molar-refractivity contribution in [3.63, 3.8) is 0 Å². The summed E-state index contributed by atoms with van der Waals surface area (Å²) >= 11 is 1.71. The van der Waals surface area contributed by atoms with Crippen LogP contribution in [0.25, 0.3) is 0 Å². The van der Waals surface area contributed by atoms with Crippen molar-refractivity contribution in [3.8, 4) is 0 Å². The highest BCUT2D eigenvalue weighted by Gasteiger charge is 2.15. The number of thiophene rings is 1. The van der Waals surface area contributed by atoms with Gasteiger partial charge in [0.05, 0.1) is 10.6 Å². The molecule has 0 spiro atoms. The number of nitrogens with zero attached hydrogens (tertiary/aromatic N) is 1. The van der Waals surface area contributed by atoms with Gasteiger partial charge in [-0.1, -0.05) is 31.2 Å². The number of hydrogen-bond donors (Lipinski definition) is 0. The first-order chi connectivity index (χ1) is 9.62. The first-order valence-corrected chi connectivity index (χ1v) is 9.17. The molecule has 5 heteroatoms. The van der Waals surface area contributed by atoms with Crippen LogP contribution in [0.15, 0.2) is 52.7 Å². The molecule has 2 rings (SSSR count). The lowest BCUT2D eigenvalue weighted by atomic mass is 10.4. The zero-order valence-electron chi connectivity index (χ0n) is 11.5. The summed E-state index contributed by atoms with van der Waals surface area (Å²) in [6.45, 7) is 4.29. The van der Waals surface area contributed by atoms with Gasteiger partial charge < -0.3 is 0 Å². The average molecular weight is 309 g/mol. The van der Waals surface area contributed by atoms with Gasteiger partial charge in [0.1, 0.15) is 0 Å². The first kappa shape index (κ1) is 15.2. The van der Waals surface area contributed by atoms with E-state index in [2.05, 4.69) is 17.9 Å². The van der Waals surface area contributed by atoms with Gasteiger partial charge in [0, 0.05) is 18.0 Å². The van der Waals surface area contributed by atoms with Gasteiger partial charge in [0.25, 0.3) is 0 Å². The lowest BCUT2D eigenvalue weighted by molar-refractivity contribution is 0.299. The van der Waals surface area contributed by atoms with Crippen LogP contribution in [0.4, 0.5) is 0 Å². The Bertz CT molecular complexity index is 607. The lowest BCUT2D eigenvalue weighted by Crippen LogP contribution is -2.28. The van der Waals surface area contributed by atoms with Gasteiger partial charge in [-0.2, -0.15) is 0 Å². The predicted octanol–water partition coefficient (Wildman–Crippen LogP) is 3.04. The molecule has 0 radical (unpaired) electrons. The summed E-state index contributed by atoms with van der Waals surface area (Å²) in [5.41, 5.74) is 0. The van der Waals surface area contributed by atoms with Crippen LogP contribution in [0, 0.1) is 0 Å². The first-order valence-electron chi connectivity index (χ1n) is 6.64. The predicted molar refractivity (Wildman–Crippen MR) is 83.8 cm³/mol. The molecule has 2 aromatic rings. The average Bonchev–Trinajstić information content (AvgIpc) is 2.97. The second kappa shape index (κ2) is 7.02. The molecule has 0 saturated heterocycles. The van der Waals surface area contributed by atoms with Crippen molar-refractivity contribution in [2.75, 3.05) is 18.8 Å². The second-order valence-electron chi connectivity index (χ2n) is 4.58. The molecule has 20 heavy (non-hydrogen) atoms. The second-order valence-corrected chi connectivity index (χ2v) is 7.72. The van der Waals surface area contributed by atoms with Crippen molar-refractivity contribution in [2.24, 2.45) is 0 Å². The van der Waals surface area contributed by atoms with Crippen molar-refractivity contribution in [1.29, 1.82) is 0 Å². The molecule has 1 aromatic heterocycles. The number of benzene rings is 1. The number of sulfone groups is 1. The van der Waals surface area contributed by atoms with Crippen molar-refractivity contribution < 1.29 is 8.42 Å². The van der Waals surface area contributed by atoms with Crippen LogP contribution in [0.2, 0.25) is 0 Å². The summed E-state index contributed by atoms with van der Waals surface area (Å²) in [5.74, 6) is 0.163. The van der Waals surface area contributed by atoms with Crippen LogP contribution < -0.4 is 0 Å². The topological polar surface area (TPSA) is 37.4 Å². The molecule has 0 saturated carbocycles. The van der Waals surface area contributed by atoms with Crippen LogP contribution >= 0.6 is 11.3 Å². The van der Waals surface area contributed by atoms with E-state index in [9.17, 15) is 8.42 Å². The molecule has 108 valence electrons. The van der Waals surface area contributed by atoms with Crippen LogP contribution in [0.1, 0.15) is 11.8 Å². The highest BCUT2D eigenvalue weighted by atomic mass is 32.2. The molecule has 0 aliphatic heterocycles. The van der Waals surface area contributed by atoms with Crippen molar-refractivity contribution in [1.82, 2.24) is 4.90 Å². The SMILES string of the molecule is CCN(CCS(=O)(=O)c1ccccc1)Cc1cccs1. The van der Waals surface area contributed by atoms with Gasteiger partial charge in [0.15, 0.2) is 9.84 Å². The number of hydrogen-bond acceptors (Lipinski definition) is 4. The van der Waals surface area contributed by atoms with Crippen LogP contribution in [-0.4, -0.2) is 32.2 Å². The van der Waals surface area contributed by atoms with Crippen molar-refractivity contribution in [2.45, 2.75) is 18.4 Å². The standard InChI is InChI=1S/C15H19NO2S2/c1-2-16(13-14-7-6-11-19-14)10-12-20(17,18)15-8-4-3-5-9-15/h3-9,11H,2,10,12-13H2,1H3. The molecule has 3 nitrogen and oxygen atoms in total. The van der Waals surface area contributed by atoms with E-state index in [1.807, 2.05) is 17.5 Å². The largest absolute Gasteiger partial charge is 0.298 e. The molecular weight excluding hydrogens is 290 g/mol. The van der Waals surface area contributed by atoms with Gasteiger partial charge in [-0.25, -0.2) is 8.42 Å². The Morgan fingerprint density at radius 3 is 2.45 bits per heavy atom. The smallest absolute Gasteiger partial charge is 0.179 e. The third-order valence-corrected chi connectivity index (χ3v) is 5.76. The van der Waals surface area contributed by atoms with Gasteiger partial charge in [-0.05, 0) is 30.1 Å². The van der Waals surface area contributed by atoms with E-state index in [1.165, 1.54) is 4.88 Å². The van der Waals surface area contributed by atoms with Crippen molar-refractivity contribution >= 4 is 21.2 Å². The van der Waals surface area contributed by atoms with Crippen LogP contribution in [0.3, 0.4) is 0 Å². The molecule has 0 atom stereocenters. The zero-order valence-corrected chi connectivity index (χ0v) is 13.2. The summed E-state index contributed by atoms with van der Waals surface area (Å²) in [5, 5.41) is 2.05. The van der Waals surface area contributed by atoms with E-state index >= 15 is 0 Å². The van der Waals surface area contributed by atoms with Gasteiger partial charge >= 0.3 is 0 Å². The summed E-state index contributed by atoms with van der Waals surface area (Å²) < 4.78 is 24.5. The fraction of sp³-hybridized carbons (Fsp3) is 0.333. The Kier molecular flexibility index (Phi) is 5.34. The number of rotatable bonds is 7. The molecule has 0 N–H and O–H groups in total. The fourth-order valence-electron chi connectivity index (χ4n) is 1.97. The Morgan fingerprint density at radius 2 is 1.85 bits per heavy atom. The Labute approximate surface area is 124 Å². The van der Waals surface area contributed by atoms with E-state index in [1.54, 1.807) is 35.6 Å². The summed E-state index contributed by atoms with van der Waals surface area (Å²) in [4.78, 5) is 3.84. The Balaban J connectivity index is 1.96. The molecular formula is C15H19NO2S2. The monoisotopic (exact) mass is 309 g/mol.